The smallest absolute Gasteiger partial charge is 0.164 e. The first-order chi connectivity index (χ1) is 26.7. The van der Waals surface area contributed by atoms with E-state index in [2.05, 4.69) is 157 Å². The monoisotopic (exact) mass is 712 g/mol. The summed E-state index contributed by atoms with van der Waals surface area (Å²) in [5.41, 5.74) is 9.98. The average Bonchev–Trinajstić information content (AvgIpc) is 3.79. The molecule has 0 amide bonds. The average molecular weight is 713 g/mol. The fraction of sp³-hybridized carbons (Fsp3) is 0.0816. The second-order valence-corrected chi connectivity index (χ2v) is 14.9. The molecule has 0 bridgehead atoms. The molecule has 0 spiro atoms. The van der Waals surface area contributed by atoms with Crippen LogP contribution in [0.25, 0.3) is 93.0 Å². The number of hydrogen-bond donors (Lipinski definition) is 0. The van der Waals surface area contributed by atoms with Crippen LogP contribution in [0.2, 0.25) is 0 Å². The lowest BCUT2D eigenvalue weighted by Crippen LogP contribution is -2.01. The summed E-state index contributed by atoms with van der Waals surface area (Å²) in [5, 5.41) is 5.19. The summed E-state index contributed by atoms with van der Waals surface area (Å²) >= 11 is 1.88. The van der Waals surface area contributed by atoms with E-state index < -0.39 is 0 Å². The molecular weight excluding hydrogens is 677 g/mol. The van der Waals surface area contributed by atoms with Crippen LogP contribution in [0.1, 0.15) is 25.3 Å². The number of para-hydroxylation sites is 2. The third-order valence-corrected chi connectivity index (χ3v) is 11.7. The maximum Gasteiger partial charge on any atom is 0.164 e. The van der Waals surface area contributed by atoms with Crippen LogP contribution in [0.15, 0.2) is 164 Å². The second-order valence-electron chi connectivity index (χ2n) is 13.9. The van der Waals surface area contributed by atoms with Gasteiger partial charge in [0.25, 0.3) is 0 Å². The van der Waals surface area contributed by atoms with Gasteiger partial charge in [0, 0.05) is 53.2 Å². The van der Waals surface area contributed by atoms with Crippen LogP contribution in [-0.2, 0) is 6.42 Å². The fourth-order valence-corrected chi connectivity index (χ4v) is 9.04. The highest BCUT2D eigenvalue weighted by Crippen LogP contribution is 2.44. The molecule has 0 saturated heterocycles. The molecule has 10 rings (SSSR count). The van der Waals surface area contributed by atoms with Gasteiger partial charge in [-0.3, -0.25) is 0 Å². The SMILES string of the molecule is CCCCc1ccc(-c2nc(-c3ccccc3)nc(-c3cccc(-c4ccccc4-n4c5ccccc5c5c6sc7ccccc7c6ccc54)c3)n2)cc1. The Kier molecular flexibility index (Phi) is 8.07. The van der Waals surface area contributed by atoms with Crippen molar-refractivity contribution in [2.24, 2.45) is 0 Å². The van der Waals surface area contributed by atoms with Crippen molar-refractivity contribution in [3.63, 3.8) is 0 Å². The third-order valence-electron chi connectivity index (χ3n) is 10.5. The molecule has 54 heavy (non-hydrogen) atoms. The van der Waals surface area contributed by atoms with Gasteiger partial charge in [-0.1, -0.05) is 147 Å². The van der Waals surface area contributed by atoms with Crippen molar-refractivity contribution in [3.05, 3.63) is 169 Å². The zero-order valence-corrected chi connectivity index (χ0v) is 30.7. The van der Waals surface area contributed by atoms with Crippen LogP contribution in [0.3, 0.4) is 0 Å². The topological polar surface area (TPSA) is 43.6 Å². The van der Waals surface area contributed by atoms with Gasteiger partial charge in [-0.2, -0.15) is 0 Å². The summed E-state index contributed by atoms with van der Waals surface area (Å²) in [4.78, 5) is 15.2. The number of thiophene rings is 1. The number of aromatic nitrogens is 4. The van der Waals surface area contributed by atoms with E-state index in [9.17, 15) is 0 Å². The molecule has 0 atom stereocenters. The van der Waals surface area contributed by atoms with Crippen molar-refractivity contribution in [2.75, 3.05) is 0 Å². The van der Waals surface area contributed by atoms with Crippen LogP contribution in [0.5, 0.6) is 0 Å². The molecule has 3 heterocycles. The third kappa shape index (κ3) is 5.56. The van der Waals surface area contributed by atoms with Gasteiger partial charge in [0.15, 0.2) is 17.5 Å². The molecule has 0 aliphatic carbocycles. The molecular formula is C49H36N4S. The summed E-state index contributed by atoms with van der Waals surface area (Å²) in [7, 11) is 0. The number of aryl methyl sites for hydroxylation is 1. The number of rotatable bonds is 8. The molecule has 10 aromatic rings. The molecule has 258 valence electrons. The second kappa shape index (κ2) is 13.5. The van der Waals surface area contributed by atoms with Gasteiger partial charge in [-0.25, -0.2) is 15.0 Å². The van der Waals surface area contributed by atoms with E-state index in [4.69, 9.17) is 15.0 Å². The van der Waals surface area contributed by atoms with Crippen molar-refractivity contribution in [2.45, 2.75) is 26.2 Å². The number of fused-ring (bicyclic) bond motifs is 7. The highest BCUT2D eigenvalue weighted by Gasteiger charge is 2.20. The lowest BCUT2D eigenvalue weighted by Gasteiger charge is -2.15. The van der Waals surface area contributed by atoms with Gasteiger partial charge in [0.05, 0.1) is 16.7 Å². The summed E-state index contributed by atoms with van der Waals surface area (Å²) in [6.45, 7) is 2.23. The molecule has 3 aromatic heterocycles. The zero-order chi connectivity index (χ0) is 36.0. The zero-order valence-electron chi connectivity index (χ0n) is 29.9. The Balaban J connectivity index is 1.13. The number of benzene rings is 7. The Labute approximate surface area is 318 Å². The fourth-order valence-electron chi connectivity index (χ4n) is 7.78. The van der Waals surface area contributed by atoms with Gasteiger partial charge in [0.2, 0.25) is 0 Å². The van der Waals surface area contributed by atoms with Crippen LogP contribution < -0.4 is 0 Å². The molecule has 0 saturated carbocycles. The molecule has 0 radical (unpaired) electrons. The summed E-state index contributed by atoms with van der Waals surface area (Å²) in [5.74, 6) is 1.98. The normalized spacial score (nSPS) is 11.6. The molecule has 0 aliphatic heterocycles. The Morgan fingerprint density at radius 3 is 1.96 bits per heavy atom. The molecule has 0 unspecified atom stereocenters. The van der Waals surface area contributed by atoms with Crippen molar-refractivity contribution in [1.82, 2.24) is 19.5 Å². The Bertz CT molecular complexity index is 2980. The molecule has 7 aromatic carbocycles. The predicted molar refractivity (Wildman–Crippen MR) is 227 cm³/mol. The minimum absolute atomic E-state index is 0.650. The Morgan fingerprint density at radius 1 is 0.500 bits per heavy atom. The number of hydrogen-bond acceptors (Lipinski definition) is 4. The molecule has 0 fully saturated rings. The van der Waals surface area contributed by atoms with Crippen molar-refractivity contribution in [1.29, 1.82) is 0 Å². The number of nitrogens with zero attached hydrogens (tertiary/aromatic N) is 4. The summed E-state index contributed by atoms with van der Waals surface area (Å²) in [6, 6.07) is 58.4. The molecule has 0 N–H and O–H groups in total. The first kappa shape index (κ1) is 32.2. The van der Waals surface area contributed by atoms with Crippen LogP contribution >= 0.6 is 11.3 Å². The predicted octanol–water partition coefficient (Wildman–Crippen LogP) is 13.3. The van der Waals surface area contributed by atoms with Gasteiger partial charge in [-0.15, -0.1) is 11.3 Å². The van der Waals surface area contributed by atoms with Gasteiger partial charge in [0.1, 0.15) is 0 Å². The van der Waals surface area contributed by atoms with E-state index in [1.807, 2.05) is 29.5 Å². The van der Waals surface area contributed by atoms with Crippen LogP contribution in [0.4, 0.5) is 0 Å². The minimum atomic E-state index is 0.650. The Morgan fingerprint density at radius 2 is 1.15 bits per heavy atom. The minimum Gasteiger partial charge on any atom is -0.309 e. The quantitative estimate of drug-likeness (QED) is 0.158. The summed E-state index contributed by atoms with van der Waals surface area (Å²) < 4.78 is 5.09. The van der Waals surface area contributed by atoms with E-state index >= 15 is 0 Å². The lowest BCUT2D eigenvalue weighted by molar-refractivity contribution is 0.795. The van der Waals surface area contributed by atoms with Crippen molar-refractivity contribution >= 4 is 53.3 Å². The highest BCUT2D eigenvalue weighted by atomic mass is 32.1. The summed E-state index contributed by atoms with van der Waals surface area (Å²) in [6.07, 6.45) is 3.43. The standard InChI is InChI=1S/C49H36N4S/c1-2-3-14-32-25-27-34(28-26-32)48-50-47(33-15-5-4-6-16-33)51-49(52-48)36-18-13-17-35(31-36)37-19-7-10-22-41(37)53-42-23-11-8-21-40(42)45-43(53)30-29-39-38-20-9-12-24-44(38)54-46(39)45/h4-13,15-31H,2-3,14H2,1H3. The first-order valence-corrected chi connectivity index (χ1v) is 19.5. The number of unbranched alkanes of at least 4 members (excludes halogenated alkanes) is 1. The maximum atomic E-state index is 5.10. The van der Waals surface area contributed by atoms with E-state index in [-0.39, 0.29) is 0 Å². The van der Waals surface area contributed by atoms with Gasteiger partial charge < -0.3 is 4.57 Å². The van der Waals surface area contributed by atoms with Gasteiger partial charge >= 0.3 is 0 Å². The maximum absolute atomic E-state index is 5.10. The lowest BCUT2D eigenvalue weighted by atomic mass is 10.0. The molecule has 0 aliphatic rings. The van der Waals surface area contributed by atoms with Crippen LogP contribution in [-0.4, -0.2) is 19.5 Å². The van der Waals surface area contributed by atoms with E-state index in [1.165, 1.54) is 60.4 Å². The molecule has 5 heteroatoms. The highest BCUT2D eigenvalue weighted by molar-refractivity contribution is 7.26. The van der Waals surface area contributed by atoms with Gasteiger partial charge in [-0.05, 0) is 54.3 Å². The van der Waals surface area contributed by atoms with E-state index in [0.717, 1.165) is 39.9 Å². The largest absolute Gasteiger partial charge is 0.309 e. The van der Waals surface area contributed by atoms with E-state index in [0.29, 0.717) is 17.5 Å². The van der Waals surface area contributed by atoms with Crippen LogP contribution in [0, 0.1) is 0 Å². The molecule has 4 nitrogen and oxygen atoms in total. The van der Waals surface area contributed by atoms with Crippen molar-refractivity contribution < 1.29 is 0 Å². The van der Waals surface area contributed by atoms with E-state index in [1.54, 1.807) is 0 Å². The van der Waals surface area contributed by atoms with Crippen molar-refractivity contribution in [3.8, 4) is 51.0 Å². The Hall–Kier alpha value is -6.43. The first-order valence-electron chi connectivity index (χ1n) is 18.7.